The molecule has 3 nitrogen and oxygen atoms in total. The fourth-order valence-corrected chi connectivity index (χ4v) is 5.53. The lowest BCUT2D eigenvalue weighted by molar-refractivity contribution is -0.136. The van der Waals surface area contributed by atoms with Crippen LogP contribution in [0.3, 0.4) is 0 Å². The van der Waals surface area contributed by atoms with Gasteiger partial charge < -0.3 is 4.57 Å². The Hall–Kier alpha value is -3.95. The normalized spacial score (nSPS) is 12.1. The maximum Gasteiger partial charge on any atom is 0.418 e. The minimum Gasteiger partial charge on any atom is -0.343 e. The molecule has 0 unspecified atom stereocenters. The fraction of sp³-hybridized carbons (Fsp3) is 0.100. The highest BCUT2D eigenvalue weighted by molar-refractivity contribution is 6.36. The third kappa shape index (κ3) is 4.93. The van der Waals surface area contributed by atoms with E-state index in [1.54, 1.807) is 36.4 Å². The van der Waals surface area contributed by atoms with Gasteiger partial charge in [0, 0.05) is 61.4 Å². The van der Waals surface area contributed by atoms with Crippen molar-refractivity contribution < 1.29 is 26.3 Å². The van der Waals surface area contributed by atoms with Crippen LogP contribution in [0.5, 0.6) is 0 Å². The topological polar surface area (TPSA) is 22.8 Å². The number of hydrogen-bond acceptors (Lipinski definition) is 1. The molecule has 0 radical (unpaired) electrons. The van der Waals surface area contributed by atoms with Gasteiger partial charge in [-0.1, -0.05) is 47.5 Å². The molecule has 0 bridgehead atoms. The zero-order valence-electron chi connectivity index (χ0n) is 20.8. The number of alkyl halides is 3. The number of benzene rings is 4. The smallest absolute Gasteiger partial charge is 0.343 e. The second kappa shape index (κ2) is 10.2. The molecule has 2 heterocycles. The van der Waals surface area contributed by atoms with E-state index in [-0.39, 0.29) is 16.6 Å². The summed E-state index contributed by atoms with van der Waals surface area (Å²) in [6.45, 7) is -0.191. The molecule has 6 aromatic rings. The van der Waals surface area contributed by atoms with Crippen molar-refractivity contribution in [3.8, 4) is 11.3 Å². The third-order valence-electron chi connectivity index (χ3n) is 6.92. The molecular formula is C30H17Cl2F6N3. The van der Waals surface area contributed by atoms with Crippen LogP contribution < -0.4 is 0 Å². The zero-order chi connectivity index (χ0) is 29.1. The molecule has 0 N–H and O–H groups in total. The predicted molar refractivity (Wildman–Crippen MR) is 147 cm³/mol. The van der Waals surface area contributed by atoms with E-state index < -0.39 is 41.3 Å². The van der Waals surface area contributed by atoms with Gasteiger partial charge in [0.25, 0.3) is 0 Å². The first-order valence-corrected chi connectivity index (χ1v) is 13.0. The van der Waals surface area contributed by atoms with Crippen molar-refractivity contribution in [2.45, 2.75) is 19.3 Å². The summed E-state index contributed by atoms with van der Waals surface area (Å²) in [5, 5.41) is 6.05. The molecule has 0 spiro atoms. The molecular weight excluding hydrogens is 587 g/mol. The number of nitrogens with zero attached hydrogens (tertiary/aromatic N) is 3. The summed E-state index contributed by atoms with van der Waals surface area (Å²) in [4.78, 5) is 0. The quantitative estimate of drug-likeness (QED) is 0.180. The maximum atomic E-state index is 14.6. The van der Waals surface area contributed by atoms with E-state index in [0.29, 0.717) is 34.3 Å². The van der Waals surface area contributed by atoms with Gasteiger partial charge in [-0.25, -0.2) is 13.2 Å². The minimum absolute atomic E-state index is 0.143. The molecule has 0 saturated heterocycles. The molecule has 0 fully saturated rings. The van der Waals surface area contributed by atoms with Gasteiger partial charge in [0.15, 0.2) is 0 Å². The Bertz CT molecular complexity index is 1920. The van der Waals surface area contributed by atoms with E-state index in [9.17, 15) is 26.3 Å². The molecule has 208 valence electrons. The van der Waals surface area contributed by atoms with Crippen molar-refractivity contribution in [1.29, 1.82) is 0 Å². The summed E-state index contributed by atoms with van der Waals surface area (Å²) in [5.41, 5.74) is 0.325. The minimum atomic E-state index is -4.72. The molecule has 6 rings (SSSR count). The SMILES string of the molecule is Fc1cc(F)c(Cn2nc3c(C(F)(F)F)cccc3c2-c2ccc3c(ccn3Cc3c(Cl)cccc3Cl)c2)c(F)c1. The van der Waals surface area contributed by atoms with Crippen LogP contribution in [0.2, 0.25) is 10.0 Å². The van der Waals surface area contributed by atoms with E-state index in [4.69, 9.17) is 23.2 Å². The first-order valence-electron chi connectivity index (χ1n) is 12.2. The van der Waals surface area contributed by atoms with Crippen LogP contribution in [-0.2, 0) is 19.3 Å². The number of hydrogen-bond donors (Lipinski definition) is 0. The van der Waals surface area contributed by atoms with Gasteiger partial charge in [-0.15, -0.1) is 0 Å². The molecule has 0 aliphatic heterocycles. The predicted octanol–water partition coefficient (Wildman–Crippen LogP) is 9.50. The Balaban J connectivity index is 1.51. The first-order chi connectivity index (χ1) is 19.5. The summed E-state index contributed by atoms with van der Waals surface area (Å²) < 4.78 is 87.3. The Morgan fingerprint density at radius 1 is 0.756 bits per heavy atom. The first kappa shape index (κ1) is 27.2. The van der Waals surface area contributed by atoms with E-state index in [1.807, 2.05) is 16.8 Å². The highest BCUT2D eigenvalue weighted by Crippen LogP contribution is 2.39. The molecule has 41 heavy (non-hydrogen) atoms. The highest BCUT2D eigenvalue weighted by Gasteiger charge is 2.34. The Kier molecular flexibility index (Phi) is 6.74. The molecule has 0 aliphatic rings. The standard InChI is InChI=1S/C30H17Cl2F6N3/c31-23-5-2-6-24(32)20(23)14-40-10-9-16-11-17(7-8-27(16)40)29-19-3-1-4-22(30(36,37)38)28(19)39-41(29)15-21-25(34)12-18(33)13-26(21)35/h1-13H,14-15H2. The van der Waals surface area contributed by atoms with E-state index in [0.717, 1.165) is 27.2 Å². The van der Waals surface area contributed by atoms with Gasteiger partial charge in [0.05, 0.1) is 24.3 Å². The highest BCUT2D eigenvalue weighted by atomic mass is 35.5. The van der Waals surface area contributed by atoms with Crippen LogP contribution in [0, 0.1) is 17.5 Å². The Morgan fingerprint density at radius 2 is 1.44 bits per heavy atom. The molecule has 11 heteroatoms. The lowest BCUT2D eigenvalue weighted by Gasteiger charge is -2.12. The third-order valence-corrected chi connectivity index (χ3v) is 7.63. The van der Waals surface area contributed by atoms with Gasteiger partial charge in [-0.3, -0.25) is 4.68 Å². The van der Waals surface area contributed by atoms with Crippen LogP contribution in [0.25, 0.3) is 33.1 Å². The van der Waals surface area contributed by atoms with Crippen LogP contribution in [-0.4, -0.2) is 14.3 Å². The van der Waals surface area contributed by atoms with Gasteiger partial charge in [0.2, 0.25) is 0 Å². The van der Waals surface area contributed by atoms with Gasteiger partial charge in [0.1, 0.15) is 23.0 Å². The van der Waals surface area contributed by atoms with E-state index >= 15 is 0 Å². The monoisotopic (exact) mass is 603 g/mol. The number of fused-ring (bicyclic) bond motifs is 2. The van der Waals surface area contributed by atoms with Gasteiger partial charge in [-0.05, 0) is 36.4 Å². The number of aromatic nitrogens is 3. The van der Waals surface area contributed by atoms with Crippen LogP contribution >= 0.6 is 23.2 Å². The van der Waals surface area contributed by atoms with Gasteiger partial charge >= 0.3 is 6.18 Å². The zero-order valence-corrected chi connectivity index (χ0v) is 22.3. The second-order valence-electron chi connectivity index (χ2n) is 9.47. The number of rotatable bonds is 5. The van der Waals surface area contributed by atoms with E-state index in [1.165, 1.54) is 12.1 Å². The van der Waals surface area contributed by atoms with Crippen molar-refractivity contribution in [1.82, 2.24) is 14.3 Å². The fourth-order valence-electron chi connectivity index (χ4n) is 5.01. The summed E-state index contributed by atoms with van der Waals surface area (Å²) in [6.07, 6.45) is -2.89. The molecule has 0 aliphatic carbocycles. The van der Waals surface area contributed by atoms with E-state index in [2.05, 4.69) is 5.10 Å². The molecule has 4 aromatic carbocycles. The average Bonchev–Trinajstić information content (AvgIpc) is 3.48. The molecule has 0 atom stereocenters. The van der Waals surface area contributed by atoms with Crippen LogP contribution in [0.15, 0.2) is 79.0 Å². The summed E-state index contributed by atoms with van der Waals surface area (Å²) in [6, 6.07) is 16.9. The molecule has 0 amide bonds. The van der Waals surface area contributed by atoms with Crippen LogP contribution in [0.1, 0.15) is 16.7 Å². The maximum absolute atomic E-state index is 14.6. The lowest BCUT2D eigenvalue weighted by atomic mass is 10.0. The second-order valence-corrected chi connectivity index (χ2v) is 10.3. The van der Waals surface area contributed by atoms with Crippen molar-refractivity contribution in [3.05, 3.63) is 123 Å². The Morgan fingerprint density at radius 3 is 2.12 bits per heavy atom. The lowest BCUT2D eigenvalue weighted by Crippen LogP contribution is -2.09. The summed E-state index contributed by atoms with van der Waals surface area (Å²) in [7, 11) is 0. The Labute approximate surface area is 239 Å². The molecule has 2 aromatic heterocycles. The van der Waals surface area contributed by atoms with Crippen LogP contribution in [0.4, 0.5) is 26.3 Å². The van der Waals surface area contributed by atoms with Crippen molar-refractivity contribution in [2.24, 2.45) is 0 Å². The van der Waals surface area contributed by atoms with Crippen molar-refractivity contribution in [3.63, 3.8) is 0 Å². The number of halogens is 8. The van der Waals surface area contributed by atoms with Crippen molar-refractivity contribution >= 4 is 45.0 Å². The van der Waals surface area contributed by atoms with Crippen molar-refractivity contribution in [2.75, 3.05) is 0 Å². The average molecular weight is 604 g/mol. The molecule has 0 saturated carbocycles. The van der Waals surface area contributed by atoms with Gasteiger partial charge in [-0.2, -0.15) is 18.3 Å². The largest absolute Gasteiger partial charge is 0.418 e. The summed E-state index contributed by atoms with van der Waals surface area (Å²) >= 11 is 12.7. The summed E-state index contributed by atoms with van der Waals surface area (Å²) in [5.74, 6) is -3.45.